The van der Waals surface area contributed by atoms with Crippen LogP contribution < -0.4 is 0 Å². The van der Waals surface area contributed by atoms with Crippen LogP contribution in [-0.4, -0.2) is 28.1 Å². The molecule has 0 heterocycles. The van der Waals surface area contributed by atoms with E-state index >= 15 is 0 Å². The molecule has 0 aliphatic carbocycles. The third-order valence-electron chi connectivity index (χ3n) is 1.21. The van der Waals surface area contributed by atoms with Crippen molar-refractivity contribution in [2.75, 3.05) is 12.4 Å². The predicted molar refractivity (Wildman–Crippen MR) is 61.6 cm³/mol. The number of ether oxygens (including phenoxy) is 1. The Hall–Kier alpha value is 0.130. The number of rotatable bonds is 7. The molecule has 0 spiro atoms. The van der Waals surface area contributed by atoms with Gasteiger partial charge in [0.15, 0.2) is 0 Å². The van der Waals surface area contributed by atoms with E-state index in [9.17, 15) is 4.79 Å². The van der Waals surface area contributed by atoms with E-state index < -0.39 is 11.7 Å². The van der Waals surface area contributed by atoms with E-state index in [0.717, 1.165) is 23.9 Å². The smallest absolute Gasteiger partial charge is 0.330 e. The fourth-order valence-electron chi connectivity index (χ4n) is 0.619. The third kappa shape index (κ3) is 10.2. The van der Waals surface area contributed by atoms with Gasteiger partial charge in [0.2, 0.25) is 5.69 Å². The third-order valence-corrected chi connectivity index (χ3v) is 4.52. The second-order valence-corrected chi connectivity index (χ2v) is 8.57. The van der Waals surface area contributed by atoms with Crippen molar-refractivity contribution >= 4 is 34.9 Å². The minimum absolute atomic E-state index is 0.325. The number of hydrogen-bond donors (Lipinski definition) is 2. The molecule has 4 nitrogen and oxygen atoms in total. The fourth-order valence-corrected chi connectivity index (χ4v) is 2.96. The number of esters is 1. The van der Waals surface area contributed by atoms with Crippen LogP contribution in [0, 0.1) is 0 Å². The summed E-state index contributed by atoms with van der Waals surface area (Å²) in [5.74, 6) is 0.128. The molecule has 0 fully saturated rings. The van der Waals surface area contributed by atoms with Crippen molar-refractivity contribution in [2.45, 2.75) is 12.8 Å². The predicted octanol–water partition coefficient (Wildman–Crippen LogP) is 1.44. The summed E-state index contributed by atoms with van der Waals surface area (Å²) >= 11 is 5.38. The lowest BCUT2D eigenvalue weighted by atomic mass is 10.4. The zero-order chi connectivity index (χ0) is 11.0. The molecule has 0 aliphatic heterocycles. The van der Waals surface area contributed by atoms with Crippen molar-refractivity contribution in [3.63, 3.8) is 0 Å². The maximum atomic E-state index is 10.6. The van der Waals surface area contributed by atoms with Gasteiger partial charge in [-0.3, -0.25) is 0 Å². The fraction of sp³-hybridized carbons (Fsp3) is 0.571. The molecule has 0 amide bonds. The summed E-state index contributed by atoms with van der Waals surface area (Å²) < 4.78 is 4.72. The standard InChI is InChI=1S/C7H13O4PS2/c1-2-7(8)11-5-3-4-6-14-12(9,10)13/h2H,1,3-6H2,(H2,9,10,13). The van der Waals surface area contributed by atoms with Crippen LogP contribution in [0.4, 0.5) is 0 Å². The first-order valence-electron chi connectivity index (χ1n) is 3.95. The quantitative estimate of drug-likeness (QED) is 0.311. The van der Waals surface area contributed by atoms with E-state index in [-0.39, 0.29) is 0 Å². The Morgan fingerprint density at radius 1 is 1.57 bits per heavy atom. The van der Waals surface area contributed by atoms with Crippen LogP contribution in [0.2, 0.25) is 0 Å². The molecule has 0 unspecified atom stereocenters. The first kappa shape index (κ1) is 14.1. The minimum atomic E-state index is -3.11. The summed E-state index contributed by atoms with van der Waals surface area (Å²) in [6.45, 7) is 3.58. The van der Waals surface area contributed by atoms with E-state index in [2.05, 4.69) is 18.4 Å². The van der Waals surface area contributed by atoms with Crippen LogP contribution >= 0.6 is 17.1 Å². The van der Waals surface area contributed by atoms with Crippen LogP contribution in [-0.2, 0) is 21.3 Å². The summed E-state index contributed by atoms with van der Waals surface area (Å²) in [6, 6.07) is 0. The molecule has 0 saturated heterocycles. The zero-order valence-corrected chi connectivity index (χ0v) is 10.1. The molecule has 0 atom stereocenters. The van der Waals surface area contributed by atoms with Crippen molar-refractivity contribution < 1.29 is 19.3 Å². The van der Waals surface area contributed by atoms with Gasteiger partial charge in [0.1, 0.15) is 0 Å². The van der Waals surface area contributed by atoms with Gasteiger partial charge in [-0.15, -0.1) is 0 Å². The summed E-state index contributed by atoms with van der Waals surface area (Å²) in [6.07, 6.45) is 2.52. The van der Waals surface area contributed by atoms with Gasteiger partial charge in [-0.2, -0.15) is 0 Å². The molecule has 0 rings (SSSR count). The lowest BCUT2D eigenvalue weighted by Crippen LogP contribution is -2.01. The SMILES string of the molecule is C=CC(=O)OCCCCSP(O)(O)=S. The zero-order valence-electron chi connectivity index (χ0n) is 7.59. The molecule has 0 radical (unpaired) electrons. The number of unbranched alkanes of at least 4 members (excludes halogenated alkanes) is 1. The number of hydrogen-bond acceptors (Lipinski definition) is 4. The highest BCUT2D eigenvalue weighted by molar-refractivity contribution is 8.67. The van der Waals surface area contributed by atoms with E-state index in [1.165, 1.54) is 0 Å². The van der Waals surface area contributed by atoms with Crippen molar-refractivity contribution in [1.82, 2.24) is 0 Å². The summed E-state index contributed by atoms with van der Waals surface area (Å²) in [5, 5.41) is 0. The molecule has 0 bridgehead atoms. The Morgan fingerprint density at radius 2 is 2.21 bits per heavy atom. The summed E-state index contributed by atoms with van der Waals surface area (Å²) in [4.78, 5) is 28.3. The summed E-state index contributed by atoms with van der Waals surface area (Å²) in [7, 11) is 0. The van der Waals surface area contributed by atoms with Crippen LogP contribution in [0.1, 0.15) is 12.8 Å². The van der Waals surface area contributed by atoms with Crippen LogP contribution in [0.25, 0.3) is 0 Å². The van der Waals surface area contributed by atoms with Crippen LogP contribution in [0.3, 0.4) is 0 Å². The molecule has 0 aliphatic rings. The van der Waals surface area contributed by atoms with Crippen molar-refractivity contribution in [3.8, 4) is 0 Å². The van der Waals surface area contributed by atoms with Gasteiger partial charge in [0, 0.05) is 11.8 Å². The Morgan fingerprint density at radius 3 is 2.71 bits per heavy atom. The van der Waals surface area contributed by atoms with Crippen LogP contribution in [0.5, 0.6) is 0 Å². The maximum Gasteiger partial charge on any atom is 0.330 e. The maximum absolute atomic E-state index is 10.6. The normalized spacial score (nSPS) is 11.0. The molecule has 0 saturated carbocycles. The highest BCUT2D eigenvalue weighted by Gasteiger charge is 2.06. The molecule has 7 heteroatoms. The lowest BCUT2D eigenvalue weighted by molar-refractivity contribution is -0.137. The molecule has 0 aromatic rings. The summed E-state index contributed by atoms with van der Waals surface area (Å²) in [5.41, 5.74) is -3.11. The van der Waals surface area contributed by atoms with E-state index in [4.69, 9.17) is 14.5 Å². The van der Waals surface area contributed by atoms with Gasteiger partial charge in [-0.25, -0.2) is 4.79 Å². The molecule has 2 N–H and O–H groups in total. The van der Waals surface area contributed by atoms with Gasteiger partial charge in [-0.1, -0.05) is 18.0 Å². The Kier molecular flexibility index (Phi) is 7.49. The van der Waals surface area contributed by atoms with Crippen LogP contribution in [0.15, 0.2) is 12.7 Å². The highest BCUT2D eigenvalue weighted by Crippen LogP contribution is 2.50. The van der Waals surface area contributed by atoms with Gasteiger partial charge < -0.3 is 14.5 Å². The first-order valence-corrected chi connectivity index (χ1v) is 8.25. The first-order chi connectivity index (χ1) is 6.45. The second kappa shape index (κ2) is 7.43. The molecular weight excluding hydrogens is 243 g/mol. The largest absolute Gasteiger partial charge is 0.463 e. The molecule has 82 valence electrons. The molecule has 14 heavy (non-hydrogen) atoms. The second-order valence-electron chi connectivity index (χ2n) is 2.40. The average Bonchev–Trinajstić information content (AvgIpc) is 2.08. The molecule has 0 aromatic heterocycles. The van der Waals surface area contributed by atoms with Gasteiger partial charge in [0.25, 0.3) is 0 Å². The Labute approximate surface area is 92.3 Å². The van der Waals surface area contributed by atoms with Crippen molar-refractivity contribution in [3.05, 3.63) is 12.7 Å². The number of carbonyl (C=O) groups excluding carboxylic acids is 1. The Bertz CT molecular complexity index is 238. The monoisotopic (exact) mass is 256 g/mol. The molecule has 0 aromatic carbocycles. The highest BCUT2D eigenvalue weighted by atomic mass is 32.9. The van der Waals surface area contributed by atoms with E-state index in [0.29, 0.717) is 18.8 Å². The van der Waals surface area contributed by atoms with Gasteiger partial charge in [-0.05, 0) is 24.6 Å². The van der Waals surface area contributed by atoms with Gasteiger partial charge in [0.05, 0.1) is 6.61 Å². The topological polar surface area (TPSA) is 66.8 Å². The van der Waals surface area contributed by atoms with E-state index in [1.807, 2.05) is 0 Å². The number of carbonyl (C=O) groups is 1. The Balaban J connectivity index is 3.27. The minimum Gasteiger partial charge on any atom is -0.463 e. The van der Waals surface area contributed by atoms with Gasteiger partial charge >= 0.3 is 5.97 Å². The molecular formula is C7H13O4PS2. The average molecular weight is 256 g/mol. The van der Waals surface area contributed by atoms with Crippen molar-refractivity contribution in [1.29, 1.82) is 0 Å². The lowest BCUT2D eigenvalue weighted by Gasteiger charge is -2.05. The van der Waals surface area contributed by atoms with Crippen molar-refractivity contribution in [2.24, 2.45) is 0 Å². The van der Waals surface area contributed by atoms with E-state index in [1.54, 1.807) is 0 Å².